The van der Waals surface area contributed by atoms with Gasteiger partial charge in [-0.05, 0) is 42.9 Å². The van der Waals surface area contributed by atoms with Crippen molar-refractivity contribution in [2.75, 3.05) is 0 Å². The zero-order chi connectivity index (χ0) is 12.8. The minimum atomic E-state index is 0.0367. The van der Waals surface area contributed by atoms with Gasteiger partial charge in [0.25, 0.3) is 5.91 Å². The molecule has 4 nitrogen and oxygen atoms in total. The Labute approximate surface area is 115 Å². The molecular formula is C14H15N3OS. The number of carbonyl (C=O) groups excluding carboxylic acids is 1. The van der Waals surface area contributed by atoms with Gasteiger partial charge in [-0.15, -0.1) is 0 Å². The number of benzene rings is 1. The number of carbonyl (C=O) groups is 1. The smallest absolute Gasteiger partial charge is 0.251 e. The number of nitrogens with zero attached hydrogens (tertiary/aromatic N) is 1. The van der Waals surface area contributed by atoms with E-state index in [1.165, 1.54) is 24.4 Å². The summed E-state index contributed by atoms with van der Waals surface area (Å²) in [5.41, 5.74) is 0.736. The molecule has 98 valence electrons. The molecule has 1 amide bonds. The molecule has 0 unspecified atom stereocenters. The summed E-state index contributed by atoms with van der Waals surface area (Å²) >= 11 is 1.43. The van der Waals surface area contributed by atoms with E-state index in [0.29, 0.717) is 18.1 Å². The number of nitrogens with one attached hydrogen (secondary N) is 2. The topological polar surface area (TPSA) is 54.0 Å². The average molecular weight is 273 g/mol. The van der Waals surface area contributed by atoms with E-state index in [-0.39, 0.29) is 5.91 Å². The monoisotopic (exact) mass is 273 g/mol. The van der Waals surface area contributed by atoms with Crippen LogP contribution in [-0.4, -0.2) is 28.4 Å². The second-order valence-electron chi connectivity index (χ2n) is 5.44. The van der Waals surface area contributed by atoms with E-state index in [9.17, 15) is 4.79 Å². The lowest BCUT2D eigenvalue weighted by atomic mass is 9.95. The van der Waals surface area contributed by atoms with Gasteiger partial charge in [0.1, 0.15) is 0 Å². The first kappa shape index (κ1) is 11.4. The zero-order valence-electron chi connectivity index (χ0n) is 10.4. The largest absolute Gasteiger partial charge is 0.348 e. The molecule has 0 saturated carbocycles. The van der Waals surface area contributed by atoms with E-state index >= 15 is 0 Å². The highest BCUT2D eigenvalue weighted by Crippen LogP contribution is 2.28. The van der Waals surface area contributed by atoms with Gasteiger partial charge in [-0.2, -0.15) is 4.37 Å². The van der Waals surface area contributed by atoms with Crippen molar-refractivity contribution in [1.29, 1.82) is 0 Å². The van der Waals surface area contributed by atoms with E-state index in [0.717, 1.165) is 22.1 Å². The number of rotatable bonds is 2. The third-order valence-corrected chi connectivity index (χ3v) is 5.00. The molecule has 0 spiro atoms. The maximum atomic E-state index is 12.3. The third kappa shape index (κ3) is 1.93. The van der Waals surface area contributed by atoms with E-state index < -0.39 is 0 Å². The van der Waals surface area contributed by atoms with Crippen LogP contribution in [0.2, 0.25) is 0 Å². The number of aromatic nitrogens is 1. The van der Waals surface area contributed by atoms with Crippen molar-refractivity contribution in [2.24, 2.45) is 0 Å². The lowest BCUT2D eigenvalue weighted by Crippen LogP contribution is -2.42. The molecular weight excluding hydrogens is 258 g/mol. The van der Waals surface area contributed by atoms with Gasteiger partial charge < -0.3 is 10.6 Å². The lowest BCUT2D eigenvalue weighted by molar-refractivity contribution is 0.0931. The Hall–Kier alpha value is -1.46. The Morgan fingerprint density at radius 1 is 1.42 bits per heavy atom. The molecule has 4 rings (SSSR count). The maximum absolute atomic E-state index is 12.3. The maximum Gasteiger partial charge on any atom is 0.251 e. The number of hydrogen-bond acceptors (Lipinski definition) is 4. The van der Waals surface area contributed by atoms with Crippen LogP contribution in [0, 0.1) is 0 Å². The van der Waals surface area contributed by atoms with Crippen LogP contribution in [-0.2, 0) is 0 Å². The fourth-order valence-corrected chi connectivity index (χ4v) is 3.92. The van der Waals surface area contributed by atoms with Crippen molar-refractivity contribution in [1.82, 2.24) is 15.0 Å². The van der Waals surface area contributed by atoms with Crippen LogP contribution in [0.15, 0.2) is 24.4 Å². The lowest BCUT2D eigenvalue weighted by Gasteiger charge is -2.21. The molecule has 2 saturated heterocycles. The summed E-state index contributed by atoms with van der Waals surface area (Å²) in [5, 5.41) is 7.80. The van der Waals surface area contributed by atoms with Gasteiger partial charge in [0.15, 0.2) is 0 Å². The highest BCUT2D eigenvalue weighted by Gasteiger charge is 2.39. The molecule has 2 aromatic rings. The summed E-state index contributed by atoms with van der Waals surface area (Å²) in [6, 6.07) is 7.16. The minimum Gasteiger partial charge on any atom is -0.348 e. The van der Waals surface area contributed by atoms with Crippen LogP contribution in [0.4, 0.5) is 0 Å². The van der Waals surface area contributed by atoms with Gasteiger partial charge in [0, 0.05) is 35.3 Å². The van der Waals surface area contributed by atoms with Crippen molar-refractivity contribution in [3.05, 3.63) is 30.0 Å². The number of fused-ring (bicyclic) bond motifs is 3. The Morgan fingerprint density at radius 2 is 2.37 bits per heavy atom. The fraction of sp³-hybridized carbons (Fsp3) is 0.429. The number of hydrogen-bond donors (Lipinski definition) is 2. The van der Waals surface area contributed by atoms with Crippen LogP contribution in [0.3, 0.4) is 0 Å². The summed E-state index contributed by atoms with van der Waals surface area (Å²) in [5.74, 6) is 0.0367. The fourth-order valence-electron chi connectivity index (χ4n) is 3.24. The summed E-state index contributed by atoms with van der Waals surface area (Å²) in [7, 11) is 0. The molecule has 0 aliphatic carbocycles. The van der Waals surface area contributed by atoms with Crippen LogP contribution >= 0.6 is 11.5 Å². The highest BCUT2D eigenvalue weighted by atomic mass is 32.1. The second-order valence-corrected chi connectivity index (χ2v) is 6.27. The van der Waals surface area contributed by atoms with Crippen LogP contribution in [0.5, 0.6) is 0 Å². The standard InChI is InChI=1S/C14H15N3OS/c18-14(17-12-6-10-3-4-11(12)16-10)8-1-2-9-7-15-19-13(9)5-8/h1-2,5,7,10-12,16H,3-4,6H2,(H,17,18)/t10-,11+,12-/m1/s1. The molecule has 1 aromatic carbocycles. The summed E-state index contributed by atoms with van der Waals surface area (Å²) in [4.78, 5) is 12.3. The quantitative estimate of drug-likeness (QED) is 0.879. The normalized spacial score (nSPS) is 28.9. The molecule has 2 aliphatic heterocycles. The summed E-state index contributed by atoms with van der Waals surface area (Å²) in [6.45, 7) is 0. The zero-order valence-corrected chi connectivity index (χ0v) is 11.2. The van der Waals surface area contributed by atoms with E-state index in [1.54, 1.807) is 0 Å². The molecule has 2 N–H and O–H groups in total. The Kier molecular flexibility index (Phi) is 2.56. The predicted molar refractivity (Wildman–Crippen MR) is 75.4 cm³/mol. The predicted octanol–water partition coefficient (Wildman–Crippen LogP) is 1.92. The van der Waals surface area contributed by atoms with Crippen LogP contribution in [0.25, 0.3) is 10.1 Å². The molecule has 0 radical (unpaired) electrons. The van der Waals surface area contributed by atoms with Crippen molar-refractivity contribution < 1.29 is 4.79 Å². The van der Waals surface area contributed by atoms with Crippen molar-refractivity contribution in [2.45, 2.75) is 37.4 Å². The molecule has 3 atom stereocenters. The SMILES string of the molecule is O=C(N[C@@H]1C[C@H]2CC[C@@H]1N2)c1ccc2cnsc2c1. The van der Waals surface area contributed by atoms with Gasteiger partial charge in [-0.1, -0.05) is 6.07 Å². The Balaban J connectivity index is 1.53. The third-order valence-electron chi connectivity index (χ3n) is 4.24. The van der Waals surface area contributed by atoms with E-state index in [4.69, 9.17) is 0 Å². The summed E-state index contributed by atoms with van der Waals surface area (Å²) in [6.07, 6.45) is 5.34. The first-order chi connectivity index (χ1) is 9.29. The van der Waals surface area contributed by atoms with Gasteiger partial charge in [0.2, 0.25) is 0 Å². The molecule has 3 heterocycles. The summed E-state index contributed by atoms with van der Waals surface area (Å²) < 4.78 is 5.20. The van der Waals surface area contributed by atoms with Crippen LogP contribution < -0.4 is 10.6 Å². The molecule has 2 aliphatic rings. The Bertz CT molecular complexity index is 638. The van der Waals surface area contributed by atoms with Crippen molar-refractivity contribution >= 4 is 27.5 Å². The van der Waals surface area contributed by atoms with Gasteiger partial charge in [0.05, 0.1) is 4.70 Å². The molecule has 1 aromatic heterocycles. The first-order valence-electron chi connectivity index (χ1n) is 6.71. The molecule has 19 heavy (non-hydrogen) atoms. The molecule has 2 fully saturated rings. The van der Waals surface area contributed by atoms with E-state index in [2.05, 4.69) is 15.0 Å². The molecule has 2 bridgehead atoms. The molecule has 5 heteroatoms. The van der Waals surface area contributed by atoms with Gasteiger partial charge in [-0.25, -0.2) is 0 Å². The van der Waals surface area contributed by atoms with Crippen molar-refractivity contribution in [3.63, 3.8) is 0 Å². The Morgan fingerprint density at radius 3 is 3.16 bits per heavy atom. The average Bonchev–Trinajstić information content (AvgIpc) is 3.13. The van der Waals surface area contributed by atoms with Gasteiger partial charge >= 0.3 is 0 Å². The first-order valence-corrected chi connectivity index (χ1v) is 7.48. The highest BCUT2D eigenvalue weighted by molar-refractivity contribution is 7.13. The van der Waals surface area contributed by atoms with E-state index in [1.807, 2.05) is 24.4 Å². The van der Waals surface area contributed by atoms with Crippen molar-refractivity contribution in [3.8, 4) is 0 Å². The van der Waals surface area contributed by atoms with Crippen LogP contribution in [0.1, 0.15) is 29.6 Å². The number of amides is 1. The second kappa shape index (κ2) is 4.28. The minimum absolute atomic E-state index is 0.0367. The van der Waals surface area contributed by atoms with Gasteiger partial charge in [-0.3, -0.25) is 4.79 Å².